The Kier molecular flexibility index (Phi) is 4.92. The average Bonchev–Trinajstić information content (AvgIpc) is 2.67. The van der Waals surface area contributed by atoms with Gasteiger partial charge in [-0.05, 0) is 19.0 Å². The van der Waals surface area contributed by atoms with Crippen LogP contribution in [0.3, 0.4) is 0 Å². The molecular weight excluding hydrogens is 174 g/mol. The van der Waals surface area contributed by atoms with Crippen LogP contribution in [0.1, 0.15) is 26.7 Å². The first-order valence-corrected chi connectivity index (χ1v) is 5.65. The minimum atomic E-state index is 0.651. The molecule has 0 bridgehead atoms. The molecule has 1 heterocycles. The Morgan fingerprint density at radius 1 is 1.43 bits per heavy atom. The van der Waals surface area contributed by atoms with E-state index < -0.39 is 0 Å². The maximum Gasteiger partial charge on any atom is 0.0635 e. The lowest BCUT2D eigenvalue weighted by atomic mass is 9.99. The van der Waals surface area contributed by atoms with Gasteiger partial charge in [0.1, 0.15) is 0 Å². The third-order valence-electron chi connectivity index (χ3n) is 3.21. The van der Waals surface area contributed by atoms with E-state index in [1.165, 1.54) is 6.42 Å². The van der Waals surface area contributed by atoms with Crippen molar-refractivity contribution in [2.45, 2.75) is 32.7 Å². The van der Waals surface area contributed by atoms with Crippen LogP contribution in [0.2, 0.25) is 0 Å². The first kappa shape index (κ1) is 11.5. The van der Waals surface area contributed by atoms with Gasteiger partial charge in [0.05, 0.1) is 6.07 Å². The van der Waals surface area contributed by atoms with Crippen molar-refractivity contribution >= 4 is 0 Å². The second kappa shape index (κ2) is 6.00. The molecular formula is C11H21N3. The molecule has 1 aliphatic heterocycles. The van der Waals surface area contributed by atoms with Gasteiger partial charge in [0, 0.05) is 25.6 Å². The van der Waals surface area contributed by atoms with Gasteiger partial charge in [0.15, 0.2) is 0 Å². The molecule has 0 aromatic carbocycles. The zero-order valence-corrected chi connectivity index (χ0v) is 9.29. The number of nitrogens with one attached hydrogen (secondary N) is 1. The maximum atomic E-state index is 8.58. The molecule has 80 valence electrons. The second-order valence-electron chi connectivity index (χ2n) is 3.93. The number of hydrogen-bond donors (Lipinski definition) is 1. The maximum absolute atomic E-state index is 8.58. The van der Waals surface area contributed by atoms with Crippen molar-refractivity contribution in [3.05, 3.63) is 0 Å². The van der Waals surface area contributed by atoms with Crippen molar-refractivity contribution in [3.63, 3.8) is 0 Å². The lowest BCUT2D eigenvalue weighted by Crippen LogP contribution is -2.41. The van der Waals surface area contributed by atoms with E-state index >= 15 is 0 Å². The Bertz CT molecular complexity index is 197. The van der Waals surface area contributed by atoms with E-state index in [9.17, 15) is 0 Å². The highest BCUT2D eigenvalue weighted by atomic mass is 15.2. The van der Waals surface area contributed by atoms with Crippen LogP contribution in [-0.4, -0.2) is 37.1 Å². The SMILES string of the molecule is CCC1CNCC1N(CC)CCC#N. The van der Waals surface area contributed by atoms with E-state index in [-0.39, 0.29) is 0 Å². The van der Waals surface area contributed by atoms with Gasteiger partial charge in [0.2, 0.25) is 0 Å². The van der Waals surface area contributed by atoms with Crippen LogP contribution in [-0.2, 0) is 0 Å². The van der Waals surface area contributed by atoms with Crippen molar-refractivity contribution in [3.8, 4) is 6.07 Å². The van der Waals surface area contributed by atoms with Gasteiger partial charge >= 0.3 is 0 Å². The molecule has 14 heavy (non-hydrogen) atoms. The lowest BCUT2D eigenvalue weighted by molar-refractivity contribution is 0.181. The minimum absolute atomic E-state index is 0.651. The highest BCUT2D eigenvalue weighted by Crippen LogP contribution is 2.18. The van der Waals surface area contributed by atoms with Gasteiger partial charge in [-0.3, -0.25) is 4.90 Å². The van der Waals surface area contributed by atoms with Crippen molar-refractivity contribution in [1.29, 1.82) is 5.26 Å². The third-order valence-corrected chi connectivity index (χ3v) is 3.21. The number of likely N-dealkylation sites (N-methyl/N-ethyl adjacent to an activating group) is 1. The van der Waals surface area contributed by atoms with Gasteiger partial charge in [-0.1, -0.05) is 20.3 Å². The minimum Gasteiger partial charge on any atom is -0.315 e. The van der Waals surface area contributed by atoms with Crippen molar-refractivity contribution in [2.75, 3.05) is 26.2 Å². The zero-order valence-electron chi connectivity index (χ0n) is 9.29. The number of rotatable bonds is 5. The third kappa shape index (κ3) is 2.70. The molecule has 1 saturated heterocycles. The smallest absolute Gasteiger partial charge is 0.0635 e. The van der Waals surface area contributed by atoms with Crippen LogP contribution in [0.25, 0.3) is 0 Å². The van der Waals surface area contributed by atoms with Crippen LogP contribution < -0.4 is 5.32 Å². The van der Waals surface area contributed by atoms with Gasteiger partial charge in [-0.2, -0.15) is 5.26 Å². The van der Waals surface area contributed by atoms with Crippen molar-refractivity contribution in [1.82, 2.24) is 10.2 Å². The van der Waals surface area contributed by atoms with Crippen LogP contribution in [0, 0.1) is 17.2 Å². The molecule has 0 spiro atoms. The monoisotopic (exact) mass is 195 g/mol. The predicted molar refractivity (Wildman–Crippen MR) is 57.9 cm³/mol. The van der Waals surface area contributed by atoms with E-state index in [2.05, 4.69) is 30.1 Å². The summed E-state index contributed by atoms with van der Waals surface area (Å²) < 4.78 is 0. The molecule has 1 rings (SSSR count). The second-order valence-corrected chi connectivity index (χ2v) is 3.93. The summed E-state index contributed by atoms with van der Waals surface area (Å²) in [5.74, 6) is 0.772. The van der Waals surface area contributed by atoms with Crippen molar-refractivity contribution in [2.24, 2.45) is 5.92 Å². The molecule has 1 fully saturated rings. The molecule has 1 N–H and O–H groups in total. The molecule has 0 aliphatic carbocycles. The van der Waals surface area contributed by atoms with E-state index in [0.717, 1.165) is 32.1 Å². The first-order valence-electron chi connectivity index (χ1n) is 5.65. The fourth-order valence-electron chi connectivity index (χ4n) is 2.32. The van der Waals surface area contributed by atoms with E-state index in [1.807, 2.05) is 0 Å². The molecule has 2 unspecified atom stereocenters. The van der Waals surface area contributed by atoms with E-state index in [1.54, 1.807) is 0 Å². The van der Waals surface area contributed by atoms with Crippen LogP contribution in [0.4, 0.5) is 0 Å². The van der Waals surface area contributed by atoms with Crippen molar-refractivity contribution < 1.29 is 0 Å². The van der Waals surface area contributed by atoms with E-state index in [0.29, 0.717) is 12.5 Å². The molecule has 0 saturated carbocycles. The standard InChI is InChI=1S/C11H21N3/c1-3-10-8-13-9-11(10)14(4-2)7-5-6-12/h10-11,13H,3-5,7-9H2,1-2H3. The van der Waals surface area contributed by atoms with Gasteiger partial charge in [-0.15, -0.1) is 0 Å². The Morgan fingerprint density at radius 2 is 2.21 bits per heavy atom. The fraction of sp³-hybridized carbons (Fsp3) is 0.909. The summed E-state index contributed by atoms with van der Waals surface area (Å²) in [6, 6.07) is 2.88. The number of nitrogens with zero attached hydrogens (tertiary/aromatic N) is 2. The molecule has 0 amide bonds. The zero-order chi connectivity index (χ0) is 10.4. The summed E-state index contributed by atoms with van der Waals surface area (Å²) in [7, 11) is 0. The summed E-state index contributed by atoms with van der Waals surface area (Å²) >= 11 is 0. The number of hydrogen-bond acceptors (Lipinski definition) is 3. The van der Waals surface area contributed by atoms with Crippen LogP contribution >= 0.6 is 0 Å². The molecule has 3 nitrogen and oxygen atoms in total. The Labute approximate surface area is 87.1 Å². The van der Waals surface area contributed by atoms with Crippen LogP contribution in [0.15, 0.2) is 0 Å². The molecule has 0 radical (unpaired) electrons. The van der Waals surface area contributed by atoms with Gasteiger partial charge in [-0.25, -0.2) is 0 Å². The summed E-state index contributed by atoms with van der Waals surface area (Å²) in [5, 5.41) is 12.0. The fourth-order valence-corrected chi connectivity index (χ4v) is 2.32. The summed E-state index contributed by atoms with van der Waals surface area (Å²) in [6.45, 7) is 8.66. The molecule has 0 aromatic rings. The van der Waals surface area contributed by atoms with Crippen LogP contribution in [0.5, 0.6) is 0 Å². The quantitative estimate of drug-likeness (QED) is 0.717. The topological polar surface area (TPSA) is 39.1 Å². The highest BCUT2D eigenvalue weighted by Gasteiger charge is 2.29. The molecule has 0 aromatic heterocycles. The predicted octanol–water partition coefficient (Wildman–Crippen LogP) is 1.22. The first-order chi connectivity index (χ1) is 6.83. The highest BCUT2D eigenvalue weighted by molar-refractivity contribution is 4.88. The molecule has 2 atom stereocenters. The Balaban J connectivity index is 2.46. The summed E-state index contributed by atoms with van der Waals surface area (Å²) in [6.07, 6.45) is 1.89. The summed E-state index contributed by atoms with van der Waals surface area (Å²) in [5.41, 5.74) is 0. The molecule has 1 aliphatic rings. The summed E-state index contributed by atoms with van der Waals surface area (Å²) in [4.78, 5) is 2.44. The molecule has 3 heteroatoms. The van der Waals surface area contributed by atoms with Gasteiger partial charge in [0.25, 0.3) is 0 Å². The average molecular weight is 195 g/mol. The Morgan fingerprint density at radius 3 is 2.79 bits per heavy atom. The normalized spacial score (nSPS) is 26.7. The number of nitriles is 1. The van der Waals surface area contributed by atoms with E-state index in [4.69, 9.17) is 5.26 Å². The van der Waals surface area contributed by atoms with Gasteiger partial charge < -0.3 is 5.32 Å². The lowest BCUT2D eigenvalue weighted by Gasteiger charge is -2.30. The largest absolute Gasteiger partial charge is 0.315 e. The Hall–Kier alpha value is -0.590.